The Kier molecular flexibility index (Phi) is 8.70. The summed E-state index contributed by atoms with van der Waals surface area (Å²) in [5, 5.41) is 24.2. The molecule has 14 heteroatoms. The van der Waals surface area contributed by atoms with Crippen LogP contribution < -0.4 is 15.5 Å². The summed E-state index contributed by atoms with van der Waals surface area (Å²) in [7, 11) is 0. The maximum Gasteiger partial charge on any atom is 0.416 e. The molecule has 2 bridgehead atoms. The third-order valence-electron chi connectivity index (χ3n) is 6.03. The summed E-state index contributed by atoms with van der Waals surface area (Å²) in [6.45, 7) is 6.91. The summed E-state index contributed by atoms with van der Waals surface area (Å²) < 4.78 is 52.1. The van der Waals surface area contributed by atoms with Crippen LogP contribution in [0.2, 0.25) is 0 Å². The van der Waals surface area contributed by atoms with Crippen LogP contribution in [0.4, 0.5) is 13.2 Å². The number of hydrogen-bond acceptors (Lipinski definition) is 8. The summed E-state index contributed by atoms with van der Waals surface area (Å²) in [5.74, 6) is -3.11. The highest BCUT2D eigenvalue weighted by molar-refractivity contribution is 5.97. The lowest BCUT2D eigenvalue weighted by Crippen LogP contribution is -2.50. The number of amides is 2. The highest BCUT2D eigenvalue weighted by Crippen LogP contribution is 2.43. The monoisotopic (exact) mass is 559 g/mol. The van der Waals surface area contributed by atoms with Crippen LogP contribution in [0, 0.1) is 0 Å². The minimum Gasteiger partial charge on any atom is -0.492 e. The van der Waals surface area contributed by atoms with Gasteiger partial charge in [0, 0.05) is 25.1 Å². The van der Waals surface area contributed by atoms with Crippen LogP contribution >= 0.6 is 0 Å². The van der Waals surface area contributed by atoms with E-state index in [1.807, 2.05) is 0 Å². The Labute approximate surface area is 222 Å². The van der Waals surface area contributed by atoms with Crippen molar-refractivity contribution >= 4 is 17.8 Å². The van der Waals surface area contributed by atoms with Gasteiger partial charge in [-0.1, -0.05) is 12.2 Å². The average Bonchev–Trinajstić information content (AvgIpc) is 3.52. The fourth-order valence-electron chi connectivity index (χ4n) is 3.96. The SMILES string of the molecule is CC(C)(COC(C)(C)CCNC(=O)CCC(=O)On1c(O)ccc1O)NC(=O)C1=C(C(F)(F)F)C2C=CC1O2. The first-order valence-corrected chi connectivity index (χ1v) is 12.2. The Bertz CT molecular complexity index is 1150. The number of alkyl halides is 3. The lowest BCUT2D eigenvalue weighted by Gasteiger charge is -2.33. The Balaban J connectivity index is 1.41. The van der Waals surface area contributed by atoms with E-state index in [9.17, 15) is 37.8 Å². The van der Waals surface area contributed by atoms with Crippen molar-refractivity contribution in [2.75, 3.05) is 13.2 Å². The normalized spacial score (nSPS) is 18.9. The number of aromatic nitrogens is 1. The molecule has 4 N–H and O–H groups in total. The predicted molar refractivity (Wildman–Crippen MR) is 129 cm³/mol. The van der Waals surface area contributed by atoms with E-state index >= 15 is 0 Å². The molecule has 216 valence electrons. The number of ether oxygens (including phenoxy) is 2. The molecule has 2 unspecified atom stereocenters. The van der Waals surface area contributed by atoms with E-state index in [0.29, 0.717) is 11.2 Å². The van der Waals surface area contributed by atoms with Crippen molar-refractivity contribution in [2.45, 2.75) is 76.5 Å². The van der Waals surface area contributed by atoms with Gasteiger partial charge in [0.2, 0.25) is 17.7 Å². The molecule has 39 heavy (non-hydrogen) atoms. The minimum absolute atomic E-state index is 0.0238. The third-order valence-corrected chi connectivity index (χ3v) is 6.03. The van der Waals surface area contributed by atoms with Crippen molar-refractivity contribution in [3.05, 3.63) is 35.4 Å². The van der Waals surface area contributed by atoms with Crippen LogP contribution in [0.15, 0.2) is 35.4 Å². The maximum absolute atomic E-state index is 13.5. The fourth-order valence-corrected chi connectivity index (χ4v) is 3.96. The molecule has 0 aromatic carbocycles. The van der Waals surface area contributed by atoms with Gasteiger partial charge in [-0.3, -0.25) is 9.59 Å². The van der Waals surface area contributed by atoms with Gasteiger partial charge in [0.05, 0.1) is 35.3 Å². The third kappa shape index (κ3) is 7.76. The lowest BCUT2D eigenvalue weighted by atomic mass is 9.94. The Morgan fingerprint density at radius 1 is 1.03 bits per heavy atom. The molecular weight excluding hydrogens is 527 g/mol. The van der Waals surface area contributed by atoms with Gasteiger partial charge in [-0.25, -0.2) is 4.79 Å². The first-order valence-electron chi connectivity index (χ1n) is 12.2. The van der Waals surface area contributed by atoms with Gasteiger partial charge in [0.25, 0.3) is 5.91 Å². The number of halogens is 3. The van der Waals surface area contributed by atoms with E-state index in [0.717, 1.165) is 12.1 Å². The standard InChI is InChI=1S/C25H32F3N3O8/c1-23(2,30-22(36)20-14-5-6-15(38-14)21(20)25(26,27)28)13-37-24(3,4)11-12-29-16(32)7-10-19(35)39-31-17(33)8-9-18(31)34/h5-6,8-9,14-15,33-34H,7,10-13H2,1-4H3,(H,29,32)(H,30,36). The molecule has 2 amide bonds. The highest BCUT2D eigenvalue weighted by Gasteiger charge is 2.51. The molecule has 0 spiro atoms. The number of nitrogens with one attached hydrogen (secondary N) is 2. The number of carbonyl (C=O) groups excluding carboxylic acids is 3. The molecule has 2 aliphatic rings. The predicted octanol–water partition coefficient (Wildman–Crippen LogP) is 2.03. The van der Waals surface area contributed by atoms with Gasteiger partial charge in [-0.2, -0.15) is 13.2 Å². The molecule has 2 atom stereocenters. The topological polar surface area (TPSA) is 148 Å². The summed E-state index contributed by atoms with van der Waals surface area (Å²) in [5.41, 5.74) is -3.23. The van der Waals surface area contributed by atoms with Crippen LogP contribution in [-0.4, -0.2) is 75.4 Å². The molecule has 3 heterocycles. The van der Waals surface area contributed by atoms with Gasteiger partial charge < -0.3 is 35.2 Å². The summed E-state index contributed by atoms with van der Waals surface area (Å²) in [6, 6.07) is 2.25. The van der Waals surface area contributed by atoms with Gasteiger partial charge in [-0.15, -0.1) is 4.73 Å². The lowest BCUT2D eigenvalue weighted by molar-refractivity contribution is -0.146. The van der Waals surface area contributed by atoms with Crippen LogP contribution in [0.25, 0.3) is 0 Å². The van der Waals surface area contributed by atoms with Crippen molar-refractivity contribution < 1.29 is 52.1 Å². The molecule has 0 aliphatic carbocycles. The molecule has 1 aromatic rings. The Hall–Kier alpha value is -3.52. The quantitative estimate of drug-likeness (QED) is 0.285. The number of hydrogen-bond donors (Lipinski definition) is 4. The molecule has 1 aromatic heterocycles. The number of carbonyl (C=O) groups is 3. The van der Waals surface area contributed by atoms with Crippen molar-refractivity contribution in [3.63, 3.8) is 0 Å². The Morgan fingerprint density at radius 2 is 1.64 bits per heavy atom. The van der Waals surface area contributed by atoms with Crippen LogP contribution in [0.1, 0.15) is 47.0 Å². The zero-order valence-corrected chi connectivity index (χ0v) is 21.9. The van der Waals surface area contributed by atoms with E-state index < -0.39 is 70.2 Å². The second kappa shape index (κ2) is 11.3. The largest absolute Gasteiger partial charge is 0.492 e. The zero-order chi connectivity index (χ0) is 29.2. The first-order chi connectivity index (χ1) is 18.0. The Morgan fingerprint density at radius 3 is 2.26 bits per heavy atom. The van der Waals surface area contributed by atoms with E-state index in [-0.39, 0.29) is 26.0 Å². The zero-order valence-electron chi connectivity index (χ0n) is 21.9. The van der Waals surface area contributed by atoms with Crippen molar-refractivity contribution in [2.24, 2.45) is 0 Å². The van der Waals surface area contributed by atoms with Crippen LogP contribution in [0.3, 0.4) is 0 Å². The molecule has 0 fully saturated rings. The number of fused-ring (bicyclic) bond motifs is 2. The molecule has 11 nitrogen and oxygen atoms in total. The molecular formula is C25H32F3N3O8. The van der Waals surface area contributed by atoms with Gasteiger partial charge in [0.1, 0.15) is 12.2 Å². The van der Waals surface area contributed by atoms with E-state index in [1.165, 1.54) is 12.2 Å². The average molecular weight is 560 g/mol. The smallest absolute Gasteiger partial charge is 0.416 e. The fraction of sp³-hybridized carbons (Fsp3) is 0.560. The molecule has 3 rings (SSSR count). The maximum atomic E-state index is 13.5. The van der Waals surface area contributed by atoms with Crippen LogP contribution in [-0.2, 0) is 23.9 Å². The second-order valence-electron chi connectivity index (χ2n) is 10.5. The van der Waals surface area contributed by atoms with Gasteiger partial charge in [-0.05, 0) is 34.1 Å². The number of rotatable bonds is 12. The van der Waals surface area contributed by atoms with E-state index in [2.05, 4.69) is 10.6 Å². The molecule has 0 saturated heterocycles. The second-order valence-corrected chi connectivity index (χ2v) is 10.5. The van der Waals surface area contributed by atoms with Gasteiger partial charge >= 0.3 is 12.1 Å². The van der Waals surface area contributed by atoms with E-state index in [1.54, 1.807) is 27.7 Å². The van der Waals surface area contributed by atoms with Gasteiger partial charge in [0.15, 0.2) is 0 Å². The van der Waals surface area contributed by atoms with Crippen molar-refractivity contribution in [3.8, 4) is 11.8 Å². The first kappa shape index (κ1) is 30.0. The summed E-state index contributed by atoms with van der Waals surface area (Å²) in [4.78, 5) is 41.4. The molecule has 2 aliphatic heterocycles. The highest BCUT2D eigenvalue weighted by atomic mass is 19.4. The van der Waals surface area contributed by atoms with Crippen molar-refractivity contribution in [1.82, 2.24) is 15.4 Å². The van der Waals surface area contributed by atoms with Crippen molar-refractivity contribution in [1.29, 1.82) is 0 Å². The van der Waals surface area contributed by atoms with E-state index in [4.69, 9.17) is 14.3 Å². The van der Waals surface area contributed by atoms with Crippen LogP contribution in [0.5, 0.6) is 11.8 Å². The summed E-state index contributed by atoms with van der Waals surface area (Å²) >= 11 is 0. The molecule has 0 saturated carbocycles. The number of aromatic hydroxyl groups is 2. The number of nitrogens with zero attached hydrogens (tertiary/aromatic N) is 1. The summed E-state index contributed by atoms with van der Waals surface area (Å²) in [6.07, 6.45) is -4.45. The molecule has 0 radical (unpaired) electrons. The minimum atomic E-state index is -4.70.